The van der Waals surface area contributed by atoms with Crippen molar-refractivity contribution in [3.05, 3.63) is 0 Å². The number of piperazine rings is 1. The van der Waals surface area contributed by atoms with Gasteiger partial charge < -0.3 is 19.9 Å². The van der Waals surface area contributed by atoms with Crippen LogP contribution in [0.2, 0.25) is 0 Å². The molecular weight excluding hydrogens is 310 g/mol. The zero-order chi connectivity index (χ0) is 18.0. The first-order chi connectivity index (χ1) is 11.3. The van der Waals surface area contributed by atoms with E-state index in [1.165, 1.54) is 7.11 Å². The van der Waals surface area contributed by atoms with E-state index in [1.807, 2.05) is 25.7 Å². The highest BCUT2D eigenvalue weighted by Gasteiger charge is 2.40. The Morgan fingerprint density at radius 2 is 1.79 bits per heavy atom. The number of nitrogens with zero attached hydrogens (tertiary/aromatic N) is 2. The topological polar surface area (TPSA) is 88.9 Å². The number of carbonyl (C=O) groups excluding carboxylic acids is 3. The van der Waals surface area contributed by atoms with Gasteiger partial charge in [0.05, 0.1) is 19.1 Å². The van der Waals surface area contributed by atoms with Crippen molar-refractivity contribution in [1.82, 2.24) is 15.1 Å². The van der Waals surface area contributed by atoms with Gasteiger partial charge in [-0.2, -0.15) is 0 Å². The summed E-state index contributed by atoms with van der Waals surface area (Å²) in [5.41, 5.74) is 0. The van der Waals surface area contributed by atoms with Crippen LogP contribution in [0.5, 0.6) is 0 Å². The van der Waals surface area contributed by atoms with Crippen LogP contribution >= 0.6 is 0 Å². The zero-order valence-corrected chi connectivity index (χ0v) is 15.2. The fourth-order valence-electron chi connectivity index (χ4n) is 3.55. The largest absolute Gasteiger partial charge is 0.469 e. The Hall–Kier alpha value is -1.63. The van der Waals surface area contributed by atoms with Crippen LogP contribution in [0, 0.1) is 17.8 Å². The molecule has 0 bridgehead atoms. The summed E-state index contributed by atoms with van der Waals surface area (Å²) in [6, 6.07) is -0.0568. The molecule has 0 spiro atoms. The predicted molar refractivity (Wildman–Crippen MR) is 89.1 cm³/mol. The first-order valence-corrected chi connectivity index (χ1v) is 8.68. The molecule has 2 fully saturated rings. The lowest BCUT2D eigenvalue weighted by molar-refractivity contribution is -0.156. The summed E-state index contributed by atoms with van der Waals surface area (Å²) in [7, 11) is 1.35. The molecule has 0 aromatic rings. The van der Waals surface area contributed by atoms with Crippen molar-refractivity contribution in [2.24, 2.45) is 17.8 Å². The molecule has 2 rings (SSSR count). The molecule has 136 valence electrons. The van der Waals surface area contributed by atoms with Gasteiger partial charge in [0.25, 0.3) is 0 Å². The van der Waals surface area contributed by atoms with E-state index in [4.69, 9.17) is 4.74 Å². The Morgan fingerprint density at radius 3 is 2.25 bits per heavy atom. The first-order valence-electron chi connectivity index (χ1n) is 8.68. The second-order valence-corrected chi connectivity index (χ2v) is 7.21. The van der Waals surface area contributed by atoms with Gasteiger partial charge >= 0.3 is 5.97 Å². The second kappa shape index (κ2) is 7.51. The van der Waals surface area contributed by atoms with Crippen LogP contribution in [0.1, 0.15) is 27.7 Å². The molecule has 7 heteroatoms. The molecule has 2 aliphatic heterocycles. The fourth-order valence-corrected chi connectivity index (χ4v) is 3.55. The smallest absolute Gasteiger partial charge is 0.309 e. The Bertz CT molecular complexity index is 504. The number of rotatable bonds is 5. The number of hydrogen-bond donors (Lipinski definition) is 1. The average Bonchev–Trinajstić information content (AvgIpc) is 3.37. The number of esters is 1. The molecule has 24 heavy (non-hydrogen) atoms. The van der Waals surface area contributed by atoms with Crippen molar-refractivity contribution >= 4 is 17.8 Å². The summed E-state index contributed by atoms with van der Waals surface area (Å²) in [4.78, 5) is 40.7. The lowest BCUT2D eigenvalue weighted by Crippen LogP contribution is -2.58. The minimum absolute atomic E-state index is 0.0135. The molecule has 1 N–H and O–H groups in total. The van der Waals surface area contributed by atoms with E-state index in [0.29, 0.717) is 19.6 Å². The standard InChI is InChI=1S/C17H29N3O4/c1-10(2)14(17(23)24-5)12(4)15(21)19-6-7-20(11(3)9-19)16(22)13-8-18-13/h10-14,18H,6-9H2,1-5H3/t11-,12?,13-,14+/m0/s1. The molecule has 0 aromatic heterocycles. The highest BCUT2D eigenvalue weighted by Crippen LogP contribution is 2.25. The normalized spacial score (nSPS) is 26.1. The molecular formula is C17H29N3O4. The molecule has 2 aliphatic rings. The second-order valence-electron chi connectivity index (χ2n) is 7.21. The van der Waals surface area contributed by atoms with Gasteiger partial charge in [0.15, 0.2) is 0 Å². The van der Waals surface area contributed by atoms with Crippen molar-refractivity contribution in [2.45, 2.75) is 39.8 Å². The molecule has 2 heterocycles. The zero-order valence-electron chi connectivity index (χ0n) is 15.2. The lowest BCUT2D eigenvalue weighted by Gasteiger charge is -2.41. The van der Waals surface area contributed by atoms with Crippen LogP contribution in [0.15, 0.2) is 0 Å². The summed E-state index contributed by atoms with van der Waals surface area (Å²) in [5, 5.41) is 3.03. The Balaban J connectivity index is 1.99. The number of methoxy groups -OCH3 is 1. The van der Waals surface area contributed by atoms with Crippen molar-refractivity contribution in [1.29, 1.82) is 0 Å². The van der Waals surface area contributed by atoms with E-state index in [1.54, 1.807) is 11.8 Å². The van der Waals surface area contributed by atoms with E-state index in [-0.39, 0.29) is 35.8 Å². The molecule has 2 amide bonds. The number of carbonyl (C=O) groups is 3. The monoisotopic (exact) mass is 339 g/mol. The number of nitrogens with one attached hydrogen (secondary N) is 1. The summed E-state index contributed by atoms with van der Waals surface area (Å²) in [6.07, 6.45) is 0. The lowest BCUT2D eigenvalue weighted by atomic mass is 9.83. The Labute approximate surface area is 143 Å². The average molecular weight is 339 g/mol. The minimum Gasteiger partial charge on any atom is -0.469 e. The molecule has 1 unspecified atom stereocenters. The van der Waals surface area contributed by atoms with Crippen LogP contribution in [0.3, 0.4) is 0 Å². The maximum Gasteiger partial charge on any atom is 0.309 e. The maximum atomic E-state index is 12.8. The summed E-state index contributed by atoms with van der Waals surface area (Å²) in [6.45, 7) is 9.91. The molecule has 0 radical (unpaired) electrons. The Morgan fingerprint density at radius 1 is 1.17 bits per heavy atom. The molecule has 0 aromatic carbocycles. The van der Waals surface area contributed by atoms with Crippen molar-refractivity contribution in [3.63, 3.8) is 0 Å². The van der Waals surface area contributed by atoms with E-state index in [9.17, 15) is 14.4 Å². The molecule has 2 saturated heterocycles. The molecule has 0 aliphatic carbocycles. The van der Waals surface area contributed by atoms with Gasteiger partial charge in [0.2, 0.25) is 11.8 Å². The van der Waals surface area contributed by atoms with E-state index >= 15 is 0 Å². The first kappa shape index (κ1) is 18.7. The highest BCUT2D eigenvalue weighted by atomic mass is 16.5. The summed E-state index contributed by atoms with van der Waals surface area (Å²) >= 11 is 0. The molecule has 0 saturated carbocycles. The van der Waals surface area contributed by atoms with Crippen molar-refractivity contribution < 1.29 is 19.1 Å². The van der Waals surface area contributed by atoms with Crippen LogP contribution in [-0.2, 0) is 19.1 Å². The van der Waals surface area contributed by atoms with E-state index in [2.05, 4.69) is 5.32 Å². The molecule has 7 nitrogen and oxygen atoms in total. The third kappa shape index (κ3) is 3.88. The summed E-state index contributed by atoms with van der Waals surface area (Å²) in [5.74, 6) is -1.12. The van der Waals surface area contributed by atoms with Gasteiger partial charge in [-0.3, -0.25) is 14.4 Å². The number of ether oxygens (including phenoxy) is 1. The van der Waals surface area contributed by atoms with Gasteiger partial charge in [-0.25, -0.2) is 0 Å². The Kier molecular flexibility index (Phi) is 5.85. The van der Waals surface area contributed by atoms with Crippen LogP contribution in [0.25, 0.3) is 0 Å². The van der Waals surface area contributed by atoms with Crippen molar-refractivity contribution in [3.8, 4) is 0 Å². The van der Waals surface area contributed by atoms with Crippen LogP contribution in [-0.4, -0.2) is 73.0 Å². The maximum absolute atomic E-state index is 12.8. The number of amides is 2. The molecule has 4 atom stereocenters. The van der Waals surface area contributed by atoms with Gasteiger partial charge in [0.1, 0.15) is 0 Å². The third-order valence-corrected chi connectivity index (χ3v) is 5.05. The quantitative estimate of drug-likeness (QED) is 0.567. The minimum atomic E-state index is -0.451. The third-order valence-electron chi connectivity index (χ3n) is 5.05. The SMILES string of the molecule is COC(=O)[C@H](C(C)C)C(C)C(=O)N1CCN(C(=O)[C@@H]2CN2)[C@@H](C)C1. The van der Waals surface area contributed by atoms with E-state index in [0.717, 1.165) is 6.54 Å². The predicted octanol–water partition coefficient (Wildman–Crippen LogP) is 0.0988. The van der Waals surface area contributed by atoms with Gasteiger partial charge in [-0.1, -0.05) is 20.8 Å². The fraction of sp³-hybridized carbons (Fsp3) is 0.824. The number of hydrogen-bond acceptors (Lipinski definition) is 5. The van der Waals surface area contributed by atoms with E-state index < -0.39 is 11.8 Å². The summed E-state index contributed by atoms with van der Waals surface area (Å²) < 4.78 is 4.87. The van der Waals surface area contributed by atoms with Gasteiger partial charge in [0, 0.05) is 38.1 Å². The highest BCUT2D eigenvalue weighted by molar-refractivity contribution is 5.87. The van der Waals surface area contributed by atoms with Gasteiger partial charge in [-0.05, 0) is 12.8 Å². The van der Waals surface area contributed by atoms with Crippen LogP contribution < -0.4 is 5.32 Å². The van der Waals surface area contributed by atoms with Crippen LogP contribution in [0.4, 0.5) is 0 Å². The van der Waals surface area contributed by atoms with Gasteiger partial charge in [-0.15, -0.1) is 0 Å². The van der Waals surface area contributed by atoms with Crippen molar-refractivity contribution in [2.75, 3.05) is 33.3 Å².